The van der Waals surface area contributed by atoms with Crippen LogP contribution >= 0.6 is 11.8 Å². The van der Waals surface area contributed by atoms with E-state index in [2.05, 4.69) is 5.32 Å². The summed E-state index contributed by atoms with van der Waals surface area (Å²) in [6, 6.07) is 7.22. The summed E-state index contributed by atoms with van der Waals surface area (Å²) in [5.74, 6) is -0.769. The fourth-order valence-electron chi connectivity index (χ4n) is 2.03. The van der Waals surface area contributed by atoms with Gasteiger partial charge in [-0.05, 0) is 18.6 Å². The largest absolute Gasteiger partial charge is 0.398 e. The highest BCUT2D eigenvalue weighted by Crippen LogP contribution is 2.23. The van der Waals surface area contributed by atoms with Crippen LogP contribution in [-0.2, 0) is 14.4 Å². The molecule has 21 heavy (non-hydrogen) atoms. The Morgan fingerprint density at radius 3 is 2.71 bits per heavy atom. The van der Waals surface area contributed by atoms with Crippen molar-refractivity contribution in [1.29, 1.82) is 0 Å². The van der Waals surface area contributed by atoms with Gasteiger partial charge in [0.05, 0.1) is 12.3 Å². The topological polar surface area (TPSA) is 92.5 Å². The van der Waals surface area contributed by atoms with E-state index in [-0.39, 0.29) is 24.1 Å². The van der Waals surface area contributed by atoms with Crippen LogP contribution < -0.4 is 11.1 Å². The third-order valence-corrected chi connectivity index (χ3v) is 4.15. The Labute approximate surface area is 127 Å². The number of nitrogen functional groups attached to an aromatic ring is 1. The number of amides is 3. The molecular weight excluding hydrogens is 290 g/mol. The van der Waals surface area contributed by atoms with Crippen LogP contribution in [-0.4, -0.2) is 41.5 Å². The van der Waals surface area contributed by atoms with Gasteiger partial charge in [0.25, 0.3) is 0 Å². The molecule has 0 spiro atoms. The summed E-state index contributed by atoms with van der Waals surface area (Å²) in [5.41, 5.74) is 6.37. The fourth-order valence-corrected chi connectivity index (χ4v) is 2.80. The van der Waals surface area contributed by atoms with Gasteiger partial charge < -0.3 is 10.6 Å². The second kappa shape index (κ2) is 7.12. The van der Waals surface area contributed by atoms with E-state index in [0.29, 0.717) is 18.7 Å². The highest BCUT2D eigenvalue weighted by molar-refractivity contribution is 8.00. The number of nitrogens with two attached hydrogens (primary N) is 1. The zero-order valence-corrected chi connectivity index (χ0v) is 12.3. The number of thioether (sulfide) groups is 1. The van der Waals surface area contributed by atoms with Crippen molar-refractivity contribution in [3.05, 3.63) is 24.3 Å². The Hall–Kier alpha value is -2.02. The number of carbonyl (C=O) groups is 3. The first-order valence-electron chi connectivity index (χ1n) is 6.64. The maximum Gasteiger partial charge on any atom is 0.246 e. The van der Waals surface area contributed by atoms with Gasteiger partial charge in [-0.2, -0.15) is 0 Å². The van der Waals surface area contributed by atoms with Crippen molar-refractivity contribution in [3.63, 3.8) is 0 Å². The molecular formula is C14H17N3O3S. The van der Waals surface area contributed by atoms with E-state index < -0.39 is 5.91 Å². The minimum absolute atomic E-state index is 0.0379. The number of hydrogen-bond donors (Lipinski definition) is 2. The maximum absolute atomic E-state index is 11.7. The highest BCUT2D eigenvalue weighted by atomic mass is 32.2. The number of imide groups is 1. The molecule has 6 nitrogen and oxygen atoms in total. The second-order valence-electron chi connectivity index (χ2n) is 4.72. The first-order valence-corrected chi connectivity index (χ1v) is 7.62. The summed E-state index contributed by atoms with van der Waals surface area (Å²) in [6.45, 7) is 0.526. The van der Waals surface area contributed by atoms with Crippen molar-refractivity contribution in [2.45, 2.75) is 17.7 Å². The van der Waals surface area contributed by atoms with Gasteiger partial charge in [0.2, 0.25) is 17.7 Å². The van der Waals surface area contributed by atoms with E-state index in [4.69, 9.17) is 5.73 Å². The van der Waals surface area contributed by atoms with Crippen molar-refractivity contribution in [3.8, 4) is 0 Å². The van der Waals surface area contributed by atoms with Gasteiger partial charge in [-0.1, -0.05) is 12.1 Å². The summed E-state index contributed by atoms with van der Waals surface area (Å²) in [5, 5.41) is 2.28. The molecule has 1 aromatic rings. The average molecular weight is 307 g/mol. The minimum Gasteiger partial charge on any atom is -0.398 e. The molecule has 0 radical (unpaired) electrons. The van der Waals surface area contributed by atoms with Gasteiger partial charge in [-0.25, -0.2) is 0 Å². The van der Waals surface area contributed by atoms with Gasteiger partial charge in [-0.3, -0.25) is 19.7 Å². The third-order valence-electron chi connectivity index (χ3n) is 3.06. The number of nitrogens with zero attached hydrogens (tertiary/aromatic N) is 1. The van der Waals surface area contributed by atoms with E-state index in [1.807, 2.05) is 18.2 Å². The number of para-hydroxylation sites is 1. The fraction of sp³-hybridized carbons (Fsp3) is 0.357. The Morgan fingerprint density at radius 2 is 2.05 bits per heavy atom. The molecule has 1 heterocycles. The number of benzene rings is 1. The highest BCUT2D eigenvalue weighted by Gasteiger charge is 2.22. The number of hydrogen-bond acceptors (Lipinski definition) is 5. The Kier molecular flexibility index (Phi) is 5.21. The van der Waals surface area contributed by atoms with E-state index in [0.717, 1.165) is 11.3 Å². The summed E-state index contributed by atoms with van der Waals surface area (Å²) in [7, 11) is 0. The lowest BCUT2D eigenvalue weighted by Gasteiger charge is -2.14. The lowest BCUT2D eigenvalue weighted by atomic mass is 10.3. The Morgan fingerprint density at radius 1 is 1.29 bits per heavy atom. The zero-order chi connectivity index (χ0) is 15.2. The number of likely N-dealkylation sites (tertiary alicyclic amines) is 1. The summed E-state index contributed by atoms with van der Waals surface area (Å²) in [4.78, 5) is 37.0. The van der Waals surface area contributed by atoms with E-state index >= 15 is 0 Å². The molecule has 0 aromatic heterocycles. The van der Waals surface area contributed by atoms with Crippen molar-refractivity contribution < 1.29 is 14.4 Å². The third kappa shape index (κ3) is 4.49. The molecule has 1 aliphatic heterocycles. The Bertz CT molecular complexity index is 562. The van der Waals surface area contributed by atoms with E-state index in [9.17, 15) is 14.4 Å². The molecule has 0 aliphatic carbocycles. The van der Waals surface area contributed by atoms with Crippen molar-refractivity contribution in [1.82, 2.24) is 10.2 Å². The molecule has 0 bridgehead atoms. The van der Waals surface area contributed by atoms with Crippen LogP contribution in [0.25, 0.3) is 0 Å². The van der Waals surface area contributed by atoms with Gasteiger partial charge in [0, 0.05) is 23.5 Å². The molecule has 1 aromatic carbocycles. The first-order chi connectivity index (χ1) is 10.1. The quantitative estimate of drug-likeness (QED) is 0.615. The summed E-state index contributed by atoms with van der Waals surface area (Å²) in [6.07, 6.45) is 1.24. The molecule has 0 atom stereocenters. The molecule has 2 rings (SSSR count). The monoisotopic (exact) mass is 307 g/mol. The van der Waals surface area contributed by atoms with Crippen molar-refractivity contribution in [2.24, 2.45) is 0 Å². The van der Waals surface area contributed by atoms with Gasteiger partial charge >= 0.3 is 0 Å². The lowest BCUT2D eigenvalue weighted by molar-refractivity contribution is -0.135. The molecule has 7 heteroatoms. The molecule has 0 saturated carbocycles. The molecule has 1 fully saturated rings. The van der Waals surface area contributed by atoms with Crippen LogP contribution in [0, 0.1) is 0 Å². The maximum atomic E-state index is 11.7. The van der Waals surface area contributed by atoms with Crippen LogP contribution in [0.3, 0.4) is 0 Å². The summed E-state index contributed by atoms with van der Waals surface area (Å²) < 4.78 is 0. The minimum atomic E-state index is -0.447. The molecule has 1 saturated heterocycles. The molecule has 3 amide bonds. The predicted octanol–water partition coefficient (Wildman–Crippen LogP) is 0.626. The van der Waals surface area contributed by atoms with Gasteiger partial charge in [-0.15, -0.1) is 11.8 Å². The van der Waals surface area contributed by atoms with Crippen LogP contribution in [0.2, 0.25) is 0 Å². The molecule has 3 N–H and O–H groups in total. The van der Waals surface area contributed by atoms with Crippen LogP contribution in [0.15, 0.2) is 29.2 Å². The van der Waals surface area contributed by atoms with E-state index in [1.165, 1.54) is 16.7 Å². The van der Waals surface area contributed by atoms with E-state index in [1.54, 1.807) is 6.07 Å². The molecule has 112 valence electrons. The number of nitrogens with one attached hydrogen (secondary N) is 1. The number of carbonyl (C=O) groups excluding carboxylic acids is 3. The lowest BCUT2D eigenvalue weighted by Crippen LogP contribution is -2.41. The SMILES string of the molecule is Nc1ccccc1SCC(=O)NC(=O)CN1CCCC1=O. The van der Waals surface area contributed by atoms with Gasteiger partial charge in [0.15, 0.2) is 0 Å². The first kappa shape index (κ1) is 15.4. The second-order valence-corrected chi connectivity index (χ2v) is 5.73. The van der Waals surface area contributed by atoms with Crippen LogP contribution in [0.4, 0.5) is 5.69 Å². The van der Waals surface area contributed by atoms with Gasteiger partial charge in [0.1, 0.15) is 0 Å². The molecule has 1 aliphatic rings. The average Bonchev–Trinajstić information content (AvgIpc) is 2.83. The standard InChI is InChI=1S/C14H17N3O3S/c15-10-4-1-2-5-11(10)21-9-13(19)16-12(18)8-17-7-3-6-14(17)20/h1-2,4-5H,3,6-9,15H2,(H,16,18,19). The predicted molar refractivity (Wildman–Crippen MR) is 80.5 cm³/mol. The number of anilines is 1. The molecule has 0 unspecified atom stereocenters. The number of rotatable bonds is 5. The Balaban J connectivity index is 1.75. The van der Waals surface area contributed by atoms with Crippen molar-refractivity contribution in [2.75, 3.05) is 24.6 Å². The normalized spacial score (nSPS) is 14.3. The zero-order valence-electron chi connectivity index (χ0n) is 11.5. The van der Waals surface area contributed by atoms with Crippen LogP contribution in [0.5, 0.6) is 0 Å². The summed E-state index contributed by atoms with van der Waals surface area (Å²) >= 11 is 1.27. The smallest absolute Gasteiger partial charge is 0.246 e. The van der Waals surface area contributed by atoms with Crippen LogP contribution in [0.1, 0.15) is 12.8 Å². The van der Waals surface area contributed by atoms with Crippen molar-refractivity contribution >= 4 is 35.2 Å².